The summed E-state index contributed by atoms with van der Waals surface area (Å²) in [6.07, 6.45) is -0.0608. The van der Waals surface area contributed by atoms with Crippen molar-refractivity contribution in [2.24, 2.45) is 14.0 Å². The van der Waals surface area contributed by atoms with Crippen LogP contribution in [0.2, 0.25) is 0 Å². The van der Waals surface area contributed by atoms with Gasteiger partial charge in [0.25, 0.3) is 0 Å². The zero-order chi connectivity index (χ0) is 50.8. The number of aromatic nitrogens is 4. The van der Waals surface area contributed by atoms with Crippen LogP contribution in [0.4, 0.5) is 0 Å². The summed E-state index contributed by atoms with van der Waals surface area (Å²) in [5, 5.41) is 17.5. The van der Waals surface area contributed by atoms with Gasteiger partial charge in [-0.05, 0) is 51.2 Å². The molecule has 2 aromatic carbocycles. The van der Waals surface area contributed by atoms with Gasteiger partial charge in [0.15, 0.2) is 0 Å². The Morgan fingerprint density at radius 1 is 0.825 bits per heavy atom. The van der Waals surface area contributed by atoms with E-state index >= 15 is 0 Å². The zero-order valence-electron chi connectivity index (χ0n) is 46.6. The number of rotatable bonds is 10. The van der Waals surface area contributed by atoms with Crippen LogP contribution < -0.4 is 0 Å². The van der Waals surface area contributed by atoms with E-state index < -0.39 is 89.2 Å². The van der Waals surface area contributed by atoms with Crippen LogP contribution in [0.3, 0.4) is 0 Å². The Bertz CT molecular complexity index is 2070. The summed E-state index contributed by atoms with van der Waals surface area (Å²) in [4.78, 5) is -1.09. The second kappa shape index (κ2) is 19.4. The van der Waals surface area contributed by atoms with Crippen molar-refractivity contribution in [3.8, 4) is 0 Å². The van der Waals surface area contributed by atoms with Crippen LogP contribution in [0.1, 0.15) is 70.4 Å². The number of ether oxygens (including phenoxy) is 1. The highest BCUT2D eigenvalue weighted by Gasteiger charge is 2.17. The molecule has 4 rings (SSSR count). The number of alkyl halides is 1. The van der Waals surface area contributed by atoms with E-state index in [1.165, 1.54) is 30.5 Å². The molecule has 220 valence electrons. The molecule has 2 aromatic heterocycles. The van der Waals surface area contributed by atoms with E-state index in [1.54, 1.807) is 42.5 Å². The van der Waals surface area contributed by atoms with E-state index in [0.717, 1.165) is 10.9 Å². The molecule has 2 heterocycles. The first kappa shape index (κ1) is 12.3. The zero-order valence-corrected chi connectivity index (χ0v) is 22.1. The highest BCUT2D eigenvalue weighted by molar-refractivity contribution is 6.18. The standard InChI is InChI=1S/C15H21N3O.C11H12N2O.C4H10ClN.ClH/c1-17(2)11-12-19-15(13-7-5-4-6-8-13)14-9-10-16-18(14)3;1-13-10(7-8-12-13)11(14)9-5-3-2-4-6-9;1-6(2)4-3-5;/h4-10,15H,11-12H2,1-3H3;2-8,11,14H,1H3;3-4H2,1-2H3;1H/i1D3,2D3,3D3,11D2,12D2;1D3;1D3,2D3,3D2,4D2;. The van der Waals surface area contributed by atoms with Crippen molar-refractivity contribution in [2.45, 2.75) is 12.2 Å². The quantitative estimate of drug-likeness (QED) is 0.258. The van der Waals surface area contributed by atoms with Crippen LogP contribution in [0.5, 0.6) is 0 Å². The molecule has 0 aliphatic carbocycles. The minimum atomic E-state index is -3.69. The van der Waals surface area contributed by atoms with Crippen molar-refractivity contribution in [3.63, 3.8) is 0 Å². The molecule has 10 heteroatoms. The second-order valence-corrected chi connectivity index (χ2v) is 7.34. The van der Waals surface area contributed by atoms with E-state index in [2.05, 4.69) is 10.2 Å². The normalized spacial score (nSPS) is 25.0. The molecule has 1 N–H and O–H groups in total. The first-order valence-electron chi connectivity index (χ1n) is 23.8. The van der Waals surface area contributed by atoms with E-state index in [0.29, 0.717) is 10.2 Å². The molecule has 0 fully saturated rings. The Morgan fingerprint density at radius 3 is 1.88 bits per heavy atom. The predicted molar refractivity (Wildman–Crippen MR) is 166 cm³/mol. The summed E-state index contributed by atoms with van der Waals surface area (Å²) in [5.41, 5.74) is 0.924. The molecule has 8 nitrogen and oxygen atoms in total. The number of hydrogen-bond donors (Lipinski definition) is 1. The van der Waals surface area contributed by atoms with E-state index in [1.807, 2.05) is 6.07 Å². The lowest BCUT2D eigenvalue weighted by Crippen LogP contribution is -2.20. The molecule has 0 saturated carbocycles. The van der Waals surface area contributed by atoms with E-state index in [4.69, 9.17) is 52.0 Å². The van der Waals surface area contributed by atoms with Crippen molar-refractivity contribution in [1.82, 2.24) is 29.4 Å². The number of aryl methyl sites for hydroxylation is 2. The average Bonchev–Trinajstić information content (AvgIpc) is 3.80. The maximum atomic E-state index is 10.1. The third-order valence-electron chi connectivity index (χ3n) is 4.60. The Balaban J connectivity index is 0.000000541. The van der Waals surface area contributed by atoms with Crippen LogP contribution >= 0.6 is 24.0 Å². The van der Waals surface area contributed by atoms with Crippen LogP contribution in [0, 0.1) is 0 Å². The van der Waals surface area contributed by atoms with Gasteiger partial charge in [0.1, 0.15) is 12.2 Å². The van der Waals surface area contributed by atoms with E-state index in [-0.39, 0.29) is 29.4 Å². The van der Waals surface area contributed by atoms with Crippen molar-refractivity contribution in [1.29, 1.82) is 0 Å². The number of aliphatic hydroxyl groups excluding tert-OH is 1. The predicted octanol–water partition coefficient (Wildman–Crippen LogP) is 4.80. The summed E-state index contributed by atoms with van der Waals surface area (Å²) in [6.45, 7) is -29.5. The minimum Gasteiger partial charge on any atom is -0.382 e. The molecule has 0 radical (unpaired) electrons. The number of hydrogen-bond acceptors (Lipinski definition) is 6. The first-order chi connectivity index (χ1) is 28.9. The maximum Gasteiger partial charge on any atom is 0.124 e. The topological polar surface area (TPSA) is 71.6 Å². The molecule has 4 aromatic rings. The Kier molecular flexibility index (Phi) is 5.93. The Hall–Kier alpha value is -2.72. The number of benzene rings is 2. The molecule has 0 bridgehead atoms. The molecule has 0 saturated heterocycles. The summed E-state index contributed by atoms with van der Waals surface area (Å²) >= 11 is 5.05. The third kappa shape index (κ3) is 12.2. The molecule has 0 amide bonds. The number of nitrogens with zero attached hydrogens (tertiary/aromatic N) is 6. The SMILES string of the molecule is Cl.[2H]C([2H])([2H])N(C([2H])([2H])[2H])C([2H])([2H])C([2H])([2H])Cl.[2H]C([2H])([2H])N(C([2H])([2H])[2H])C([2H])([2H])C([2H])([2H])OC(c1ccccc1)c1ccnn1C([2H])([2H])[2H].[2H]C([2H])([2H])n1nccc1C(O)c1ccccc1. The number of halogens is 2. The average molecular weight is 618 g/mol. The fourth-order valence-electron chi connectivity index (χ4n) is 2.94. The van der Waals surface area contributed by atoms with Crippen LogP contribution in [-0.2, 0) is 18.7 Å². The lowest BCUT2D eigenvalue weighted by Gasteiger charge is -2.20. The van der Waals surface area contributed by atoms with Gasteiger partial charge >= 0.3 is 0 Å². The summed E-state index contributed by atoms with van der Waals surface area (Å²) in [6, 6.07) is 19.2. The van der Waals surface area contributed by atoms with E-state index in [9.17, 15) is 5.11 Å². The summed E-state index contributed by atoms with van der Waals surface area (Å²) < 4.78 is 199. The lowest BCUT2D eigenvalue weighted by molar-refractivity contribution is 0.0638. The molecule has 2 unspecified atom stereocenters. The van der Waals surface area contributed by atoms with Crippen molar-refractivity contribution in [2.75, 3.05) is 53.3 Å². The number of aliphatic hydroxyl groups is 1. The van der Waals surface area contributed by atoms with Gasteiger partial charge in [-0.2, -0.15) is 10.2 Å². The summed E-state index contributed by atoms with van der Waals surface area (Å²) in [7, 11) is 0. The van der Waals surface area contributed by atoms with Crippen molar-refractivity contribution < 1.29 is 45.5 Å². The van der Waals surface area contributed by atoms with Gasteiger partial charge in [-0.25, -0.2) is 0 Å². The molecule has 0 spiro atoms. The highest BCUT2D eigenvalue weighted by Crippen LogP contribution is 2.25. The van der Waals surface area contributed by atoms with Crippen LogP contribution in [0.25, 0.3) is 0 Å². The largest absolute Gasteiger partial charge is 0.382 e. The first-order valence-corrected chi connectivity index (χ1v) is 11.1. The Morgan fingerprint density at radius 2 is 1.35 bits per heavy atom. The van der Waals surface area contributed by atoms with Gasteiger partial charge in [0.05, 0.1) is 20.7 Å². The van der Waals surface area contributed by atoms with Gasteiger partial charge in [0, 0.05) is 78.1 Å². The molecule has 2 atom stereocenters. The molecule has 0 aliphatic heterocycles. The van der Waals surface area contributed by atoms with Crippen molar-refractivity contribution in [3.05, 3.63) is 108 Å². The molecule has 0 aliphatic rings. The molecular weight excluding hydrogens is 547 g/mol. The van der Waals surface area contributed by atoms with Gasteiger partial charge in [0.2, 0.25) is 0 Å². The fraction of sp³-hybridized carbons (Fsp3) is 0.400. The van der Waals surface area contributed by atoms with Crippen molar-refractivity contribution >= 4 is 24.0 Å². The monoisotopic (exact) mass is 616 g/mol. The second-order valence-electron chi connectivity index (χ2n) is 7.15. The number of likely N-dealkylation sites (N-methyl/N-ethyl adjacent to an activating group) is 1. The summed E-state index contributed by atoms with van der Waals surface area (Å²) in [5.74, 6) is -3.16. The van der Waals surface area contributed by atoms with Crippen LogP contribution in [0.15, 0.2) is 85.2 Å². The lowest BCUT2D eigenvalue weighted by atomic mass is 10.1. The Labute approximate surface area is 287 Å². The van der Waals surface area contributed by atoms with Gasteiger partial charge in [-0.1, -0.05) is 60.7 Å². The highest BCUT2D eigenvalue weighted by atomic mass is 35.5. The third-order valence-corrected chi connectivity index (χ3v) is 4.68. The van der Waals surface area contributed by atoms with Gasteiger partial charge in [-0.15, -0.1) is 24.0 Å². The van der Waals surface area contributed by atoms with Gasteiger partial charge < -0.3 is 19.6 Å². The smallest absolute Gasteiger partial charge is 0.124 e. The van der Waals surface area contributed by atoms with Crippen LogP contribution in [-0.4, -0.2) is 87.8 Å². The maximum absolute atomic E-state index is 10.1. The minimum absolute atomic E-state index is 0. The fourth-order valence-corrected chi connectivity index (χ4v) is 3.02. The molecular formula is C30H44Cl2N6O2. The molecule has 40 heavy (non-hydrogen) atoms. The van der Waals surface area contributed by atoms with Gasteiger partial charge in [-0.3, -0.25) is 9.36 Å².